The largest absolute Gasteiger partial charge is 0.484 e. The van der Waals surface area contributed by atoms with Crippen LogP contribution in [0.5, 0.6) is 5.75 Å². The van der Waals surface area contributed by atoms with Gasteiger partial charge in [0.25, 0.3) is 5.91 Å². The number of amides is 1. The Labute approximate surface area is 152 Å². The van der Waals surface area contributed by atoms with E-state index in [2.05, 4.69) is 5.32 Å². The molecule has 5 heteroatoms. The third kappa shape index (κ3) is 3.62. The molecule has 5 nitrogen and oxygen atoms in total. The SMILES string of the molecule is O=C(COc1ccc2c3c(c(=O)oc2c1)CCC3)NC1CCCCCC1. The second kappa shape index (κ2) is 7.52. The average molecular weight is 355 g/mol. The molecule has 0 radical (unpaired) electrons. The van der Waals surface area contributed by atoms with E-state index in [0.717, 1.165) is 48.6 Å². The lowest BCUT2D eigenvalue weighted by atomic mass is 10.1. The topological polar surface area (TPSA) is 68.5 Å². The lowest BCUT2D eigenvalue weighted by molar-refractivity contribution is -0.123. The molecule has 4 rings (SSSR count). The summed E-state index contributed by atoms with van der Waals surface area (Å²) in [4.78, 5) is 24.2. The molecule has 1 saturated carbocycles. The molecule has 2 aromatic rings. The van der Waals surface area contributed by atoms with E-state index in [1.807, 2.05) is 12.1 Å². The molecular weight excluding hydrogens is 330 g/mol. The zero-order valence-electron chi connectivity index (χ0n) is 15.0. The van der Waals surface area contributed by atoms with E-state index in [9.17, 15) is 9.59 Å². The summed E-state index contributed by atoms with van der Waals surface area (Å²) in [5.41, 5.74) is 2.22. The van der Waals surface area contributed by atoms with Crippen LogP contribution in [-0.2, 0) is 17.6 Å². The zero-order chi connectivity index (χ0) is 17.9. The van der Waals surface area contributed by atoms with Gasteiger partial charge in [-0.15, -0.1) is 0 Å². The molecule has 138 valence electrons. The highest BCUT2D eigenvalue weighted by Crippen LogP contribution is 2.29. The summed E-state index contributed by atoms with van der Waals surface area (Å²) < 4.78 is 11.1. The van der Waals surface area contributed by atoms with Crippen LogP contribution in [0.15, 0.2) is 27.4 Å². The Morgan fingerprint density at radius 2 is 1.85 bits per heavy atom. The van der Waals surface area contributed by atoms with Crippen LogP contribution in [0.25, 0.3) is 11.0 Å². The smallest absolute Gasteiger partial charge is 0.339 e. The third-order valence-electron chi connectivity index (χ3n) is 5.54. The van der Waals surface area contributed by atoms with Crippen molar-refractivity contribution in [1.82, 2.24) is 5.32 Å². The van der Waals surface area contributed by atoms with E-state index in [1.54, 1.807) is 6.07 Å². The standard InChI is InChI=1S/C21H25NO4/c23-20(22-14-6-3-1-2-4-7-14)13-25-15-10-11-17-16-8-5-9-18(16)21(24)26-19(17)12-15/h10-12,14H,1-9,13H2,(H,22,23). The Morgan fingerprint density at radius 1 is 1.08 bits per heavy atom. The number of hydrogen-bond acceptors (Lipinski definition) is 4. The van der Waals surface area contributed by atoms with E-state index < -0.39 is 0 Å². The molecule has 0 atom stereocenters. The first kappa shape index (κ1) is 17.1. The summed E-state index contributed by atoms with van der Waals surface area (Å²) in [6.45, 7) is -0.0167. The van der Waals surface area contributed by atoms with E-state index in [-0.39, 0.29) is 24.2 Å². The summed E-state index contributed by atoms with van der Waals surface area (Å²) in [6, 6.07) is 5.76. The van der Waals surface area contributed by atoms with Crippen LogP contribution in [0.1, 0.15) is 56.1 Å². The molecule has 0 aliphatic heterocycles. The predicted octanol–water partition coefficient (Wildman–Crippen LogP) is 3.50. The molecule has 0 spiro atoms. The van der Waals surface area contributed by atoms with Crippen LogP contribution in [0.3, 0.4) is 0 Å². The maximum atomic E-state index is 12.2. The predicted molar refractivity (Wildman–Crippen MR) is 99.6 cm³/mol. The van der Waals surface area contributed by atoms with Crippen LogP contribution in [0.4, 0.5) is 0 Å². The molecule has 1 fully saturated rings. The van der Waals surface area contributed by atoms with Gasteiger partial charge in [-0.1, -0.05) is 25.7 Å². The van der Waals surface area contributed by atoms with Gasteiger partial charge in [0, 0.05) is 23.1 Å². The van der Waals surface area contributed by atoms with Gasteiger partial charge < -0.3 is 14.5 Å². The molecule has 0 unspecified atom stereocenters. The monoisotopic (exact) mass is 355 g/mol. The second-order valence-electron chi connectivity index (χ2n) is 7.40. The molecule has 0 saturated heterocycles. The quantitative estimate of drug-likeness (QED) is 0.673. The highest BCUT2D eigenvalue weighted by Gasteiger charge is 2.20. The van der Waals surface area contributed by atoms with Gasteiger partial charge >= 0.3 is 5.63 Å². The van der Waals surface area contributed by atoms with Crippen molar-refractivity contribution in [3.8, 4) is 5.75 Å². The molecule has 1 aromatic heterocycles. The van der Waals surface area contributed by atoms with Gasteiger partial charge in [0.05, 0.1) is 0 Å². The molecule has 1 aromatic carbocycles. The second-order valence-corrected chi connectivity index (χ2v) is 7.40. The van der Waals surface area contributed by atoms with Crippen LogP contribution in [0, 0.1) is 0 Å². The van der Waals surface area contributed by atoms with Crippen LogP contribution >= 0.6 is 0 Å². The van der Waals surface area contributed by atoms with Crippen LogP contribution in [0.2, 0.25) is 0 Å². The molecule has 0 bridgehead atoms. The number of aryl methyl sites for hydroxylation is 1. The number of fused-ring (bicyclic) bond motifs is 3. The third-order valence-corrected chi connectivity index (χ3v) is 5.54. The van der Waals surface area contributed by atoms with E-state index >= 15 is 0 Å². The first-order chi connectivity index (χ1) is 12.7. The number of hydrogen-bond donors (Lipinski definition) is 1. The van der Waals surface area contributed by atoms with Gasteiger partial charge in [0.1, 0.15) is 11.3 Å². The van der Waals surface area contributed by atoms with Gasteiger partial charge in [-0.25, -0.2) is 4.79 Å². The number of rotatable bonds is 4. The van der Waals surface area contributed by atoms with Gasteiger partial charge in [-0.05, 0) is 49.8 Å². The van der Waals surface area contributed by atoms with E-state index in [1.165, 1.54) is 25.7 Å². The Bertz CT molecular complexity index is 862. The molecule has 2 aliphatic rings. The van der Waals surface area contributed by atoms with Crippen molar-refractivity contribution in [2.75, 3.05) is 6.61 Å². The van der Waals surface area contributed by atoms with Crippen LogP contribution in [-0.4, -0.2) is 18.6 Å². The summed E-state index contributed by atoms with van der Waals surface area (Å²) in [7, 11) is 0. The number of carbonyl (C=O) groups is 1. The summed E-state index contributed by atoms with van der Waals surface area (Å²) in [5, 5.41) is 4.05. The van der Waals surface area contributed by atoms with Crippen molar-refractivity contribution in [3.63, 3.8) is 0 Å². The maximum Gasteiger partial charge on any atom is 0.339 e. The van der Waals surface area contributed by atoms with Crippen LogP contribution < -0.4 is 15.7 Å². The molecule has 1 heterocycles. The normalized spacial score (nSPS) is 17.7. The summed E-state index contributed by atoms with van der Waals surface area (Å²) in [6.07, 6.45) is 9.70. The minimum Gasteiger partial charge on any atom is -0.484 e. The summed E-state index contributed by atoms with van der Waals surface area (Å²) >= 11 is 0. The number of ether oxygens (including phenoxy) is 1. The Hall–Kier alpha value is -2.30. The van der Waals surface area contributed by atoms with Crippen molar-refractivity contribution < 1.29 is 13.9 Å². The van der Waals surface area contributed by atoms with Gasteiger partial charge in [0.2, 0.25) is 0 Å². The van der Waals surface area contributed by atoms with E-state index in [4.69, 9.17) is 9.15 Å². The zero-order valence-corrected chi connectivity index (χ0v) is 15.0. The Morgan fingerprint density at radius 3 is 2.65 bits per heavy atom. The highest BCUT2D eigenvalue weighted by atomic mass is 16.5. The van der Waals surface area contributed by atoms with Gasteiger partial charge in [-0.2, -0.15) is 0 Å². The Balaban J connectivity index is 1.42. The fourth-order valence-electron chi connectivity index (χ4n) is 4.20. The lowest BCUT2D eigenvalue weighted by Crippen LogP contribution is -2.37. The maximum absolute atomic E-state index is 12.2. The highest BCUT2D eigenvalue weighted by molar-refractivity contribution is 5.83. The number of carbonyl (C=O) groups excluding carboxylic acids is 1. The van der Waals surface area contributed by atoms with Crippen molar-refractivity contribution in [1.29, 1.82) is 0 Å². The van der Waals surface area contributed by atoms with Crippen molar-refractivity contribution >= 4 is 16.9 Å². The minimum absolute atomic E-state index is 0.0167. The molecule has 1 amide bonds. The average Bonchev–Trinajstić information content (AvgIpc) is 3.00. The fraction of sp³-hybridized carbons (Fsp3) is 0.524. The fourth-order valence-corrected chi connectivity index (χ4v) is 4.20. The molecular formula is C21H25NO4. The minimum atomic E-state index is -0.242. The Kier molecular flexibility index (Phi) is 4.96. The summed E-state index contributed by atoms with van der Waals surface area (Å²) in [5.74, 6) is 0.460. The van der Waals surface area contributed by atoms with E-state index in [0.29, 0.717) is 11.3 Å². The first-order valence-electron chi connectivity index (χ1n) is 9.71. The van der Waals surface area contributed by atoms with Crippen molar-refractivity contribution in [2.45, 2.75) is 63.8 Å². The van der Waals surface area contributed by atoms with Crippen molar-refractivity contribution in [2.24, 2.45) is 0 Å². The lowest BCUT2D eigenvalue weighted by Gasteiger charge is -2.16. The molecule has 26 heavy (non-hydrogen) atoms. The number of nitrogens with one attached hydrogen (secondary N) is 1. The van der Waals surface area contributed by atoms with Crippen molar-refractivity contribution in [3.05, 3.63) is 39.7 Å². The first-order valence-corrected chi connectivity index (χ1v) is 9.71. The van der Waals surface area contributed by atoms with Gasteiger partial charge in [0.15, 0.2) is 6.61 Å². The number of benzene rings is 1. The van der Waals surface area contributed by atoms with Gasteiger partial charge in [-0.3, -0.25) is 4.79 Å². The molecule has 2 aliphatic carbocycles. The molecule has 1 N–H and O–H groups in total.